The summed E-state index contributed by atoms with van der Waals surface area (Å²) in [4.78, 5) is 31.4. The predicted molar refractivity (Wildman–Crippen MR) is 145 cm³/mol. The van der Waals surface area contributed by atoms with Gasteiger partial charge in [0.1, 0.15) is 5.00 Å². The number of hydrogen-bond donors (Lipinski definition) is 1. The van der Waals surface area contributed by atoms with Crippen LogP contribution in [0.2, 0.25) is 0 Å². The van der Waals surface area contributed by atoms with Crippen molar-refractivity contribution in [2.24, 2.45) is 0 Å². The molecule has 2 aromatic rings. The predicted octanol–water partition coefficient (Wildman–Crippen LogP) is 3.27. The highest BCUT2D eigenvalue weighted by atomic mass is 32.2. The zero-order chi connectivity index (χ0) is 27.1. The maximum absolute atomic E-state index is 13.2. The van der Waals surface area contributed by atoms with E-state index in [1.54, 1.807) is 14.1 Å². The van der Waals surface area contributed by atoms with Crippen LogP contribution in [-0.4, -0.2) is 86.3 Å². The molecule has 0 bridgehead atoms. The van der Waals surface area contributed by atoms with Crippen LogP contribution in [0, 0.1) is 0 Å². The van der Waals surface area contributed by atoms with Gasteiger partial charge in [-0.15, -0.1) is 11.3 Å². The van der Waals surface area contributed by atoms with E-state index in [4.69, 9.17) is 4.74 Å². The fourth-order valence-electron chi connectivity index (χ4n) is 4.83. The quantitative estimate of drug-likeness (QED) is 0.595. The Kier molecular flexibility index (Phi) is 8.10. The van der Waals surface area contributed by atoms with Crippen molar-refractivity contribution in [2.75, 3.05) is 39.0 Å². The normalized spacial score (nSPS) is 21.1. The number of benzene rings is 1. The minimum atomic E-state index is -3.70. The fraction of sp³-hybridized carbons (Fsp3) is 0.538. The number of thiophene rings is 1. The molecule has 37 heavy (non-hydrogen) atoms. The molecule has 1 aromatic heterocycles. The van der Waals surface area contributed by atoms with E-state index < -0.39 is 10.0 Å². The third-order valence-corrected chi connectivity index (χ3v) is 9.78. The molecule has 202 valence electrons. The monoisotopic (exact) mass is 548 g/mol. The van der Waals surface area contributed by atoms with Crippen LogP contribution in [0.3, 0.4) is 0 Å². The van der Waals surface area contributed by atoms with E-state index in [9.17, 15) is 18.0 Å². The van der Waals surface area contributed by atoms with Crippen molar-refractivity contribution in [1.29, 1.82) is 0 Å². The lowest BCUT2D eigenvalue weighted by Crippen LogP contribution is -2.48. The molecule has 0 radical (unpaired) electrons. The summed E-state index contributed by atoms with van der Waals surface area (Å²) < 4.78 is 33.4. The number of ether oxygens (including phenoxy) is 1. The summed E-state index contributed by atoms with van der Waals surface area (Å²) >= 11 is 1.44. The molecule has 2 aliphatic rings. The second kappa shape index (κ2) is 10.8. The standard InChI is InChI=1S/C26H36N4O5S2/c1-16(2)29-12-11-21-22(15-29)36-25(23(21)26(32)28(5)6)27-24(31)19-7-9-20(10-8-19)37(33,34)30-13-17(3)35-18(4)14-30/h7-10,16-18H,11-15H2,1-6H3,(H,27,31). The minimum absolute atomic E-state index is 0.134. The number of rotatable bonds is 6. The molecule has 0 saturated carbocycles. The van der Waals surface area contributed by atoms with Crippen molar-refractivity contribution in [2.45, 2.75) is 63.8 Å². The lowest BCUT2D eigenvalue weighted by molar-refractivity contribution is -0.0440. The third kappa shape index (κ3) is 5.75. The van der Waals surface area contributed by atoms with E-state index in [1.807, 2.05) is 13.8 Å². The van der Waals surface area contributed by atoms with Gasteiger partial charge in [-0.1, -0.05) is 0 Å². The topological polar surface area (TPSA) is 99.3 Å². The Morgan fingerprint density at radius 1 is 1.11 bits per heavy atom. The highest BCUT2D eigenvalue weighted by Gasteiger charge is 2.33. The zero-order valence-corrected chi connectivity index (χ0v) is 23.9. The highest BCUT2D eigenvalue weighted by Crippen LogP contribution is 2.38. The van der Waals surface area contributed by atoms with Gasteiger partial charge < -0.3 is 15.0 Å². The maximum atomic E-state index is 13.2. The summed E-state index contributed by atoms with van der Waals surface area (Å²) in [5, 5.41) is 3.47. The Hall–Kier alpha value is -2.31. The molecule has 9 nitrogen and oxygen atoms in total. The molecule has 0 spiro atoms. The first kappa shape index (κ1) is 27.7. The smallest absolute Gasteiger partial charge is 0.256 e. The number of morpholine rings is 1. The number of hydrogen-bond acceptors (Lipinski definition) is 7. The Balaban J connectivity index is 1.56. The molecule has 1 N–H and O–H groups in total. The zero-order valence-electron chi connectivity index (χ0n) is 22.3. The van der Waals surface area contributed by atoms with E-state index in [-0.39, 0.29) is 42.0 Å². The summed E-state index contributed by atoms with van der Waals surface area (Å²) in [5.74, 6) is -0.522. The molecule has 2 atom stereocenters. The van der Waals surface area contributed by atoms with Crippen LogP contribution in [0.5, 0.6) is 0 Å². The fourth-order valence-corrected chi connectivity index (χ4v) is 7.68. The summed E-state index contributed by atoms with van der Waals surface area (Å²) in [6, 6.07) is 6.33. The number of nitrogens with zero attached hydrogens (tertiary/aromatic N) is 3. The van der Waals surface area contributed by atoms with Crippen LogP contribution in [0.25, 0.3) is 0 Å². The first-order valence-electron chi connectivity index (χ1n) is 12.6. The molecule has 2 unspecified atom stereocenters. The van der Waals surface area contributed by atoms with Crippen LogP contribution >= 0.6 is 11.3 Å². The second-order valence-corrected chi connectivity index (χ2v) is 13.3. The van der Waals surface area contributed by atoms with Crippen LogP contribution in [0.15, 0.2) is 29.2 Å². The molecule has 1 aromatic carbocycles. The first-order valence-corrected chi connectivity index (χ1v) is 14.8. The Bertz CT molecular complexity index is 1260. The van der Waals surface area contributed by atoms with E-state index in [0.29, 0.717) is 22.2 Å². The second-order valence-electron chi connectivity index (χ2n) is 10.3. The third-order valence-electron chi connectivity index (χ3n) is 6.80. The van der Waals surface area contributed by atoms with Crippen LogP contribution in [0.1, 0.15) is 58.9 Å². The molecule has 4 rings (SSSR count). The van der Waals surface area contributed by atoms with Crippen molar-refractivity contribution in [3.63, 3.8) is 0 Å². The Morgan fingerprint density at radius 3 is 2.30 bits per heavy atom. The number of amides is 2. The molecule has 3 heterocycles. The van der Waals surface area contributed by atoms with E-state index in [0.717, 1.165) is 30.0 Å². The van der Waals surface area contributed by atoms with Crippen molar-refractivity contribution in [3.05, 3.63) is 45.8 Å². The van der Waals surface area contributed by atoms with E-state index >= 15 is 0 Å². The van der Waals surface area contributed by atoms with Crippen LogP contribution in [-0.2, 0) is 27.7 Å². The molecule has 1 saturated heterocycles. The van der Waals surface area contributed by atoms with Crippen LogP contribution in [0.4, 0.5) is 5.00 Å². The van der Waals surface area contributed by atoms with Crippen LogP contribution < -0.4 is 5.32 Å². The maximum Gasteiger partial charge on any atom is 0.256 e. The van der Waals surface area contributed by atoms with Gasteiger partial charge >= 0.3 is 0 Å². The van der Waals surface area contributed by atoms with Gasteiger partial charge in [0.05, 0.1) is 22.7 Å². The molecule has 1 fully saturated rings. The van der Waals surface area contributed by atoms with Gasteiger partial charge in [0.15, 0.2) is 0 Å². The average Bonchev–Trinajstić information content (AvgIpc) is 3.19. The SMILES string of the molecule is CC1CN(S(=O)(=O)c2ccc(C(=O)Nc3sc4c(c3C(=O)N(C)C)CCN(C(C)C)C4)cc2)CC(C)O1. The summed E-state index contributed by atoms with van der Waals surface area (Å²) in [5.41, 5.74) is 1.88. The number of carbonyl (C=O) groups is 2. The average molecular weight is 549 g/mol. The summed E-state index contributed by atoms with van der Waals surface area (Å²) in [6.45, 7) is 10.2. The number of nitrogens with one attached hydrogen (secondary N) is 1. The van der Waals surface area contributed by atoms with Gasteiger partial charge in [-0.3, -0.25) is 14.5 Å². The van der Waals surface area contributed by atoms with Gasteiger partial charge in [0.2, 0.25) is 10.0 Å². The van der Waals surface area contributed by atoms with Gasteiger partial charge in [-0.25, -0.2) is 8.42 Å². The van der Waals surface area contributed by atoms with Crippen molar-refractivity contribution >= 4 is 38.2 Å². The van der Waals surface area contributed by atoms with Gasteiger partial charge in [0.25, 0.3) is 11.8 Å². The van der Waals surface area contributed by atoms with E-state index in [2.05, 4.69) is 24.1 Å². The number of carbonyl (C=O) groups excluding carboxylic acids is 2. The minimum Gasteiger partial charge on any atom is -0.373 e. The Labute approximate surface area is 223 Å². The van der Waals surface area contributed by atoms with Crippen molar-refractivity contribution in [3.8, 4) is 0 Å². The molecule has 2 aliphatic heterocycles. The Morgan fingerprint density at radius 2 is 1.73 bits per heavy atom. The van der Waals surface area contributed by atoms with Crippen molar-refractivity contribution < 1.29 is 22.7 Å². The number of fused-ring (bicyclic) bond motifs is 1. The molecule has 11 heteroatoms. The molecular formula is C26H36N4O5S2. The molecular weight excluding hydrogens is 512 g/mol. The number of sulfonamides is 1. The lowest BCUT2D eigenvalue weighted by atomic mass is 10.0. The van der Waals surface area contributed by atoms with Gasteiger partial charge in [-0.2, -0.15) is 4.31 Å². The lowest BCUT2D eigenvalue weighted by Gasteiger charge is -2.34. The summed E-state index contributed by atoms with van der Waals surface area (Å²) in [6.07, 6.45) is 0.374. The largest absolute Gasteiger partial charge is 0.373 e. The molecule has 0 aliphatic carbocycles. The first-order chi connectivity index (χ1) is 17.4. The summed E-state index contributed by atoms with van der Waals surface area (Å²) in [7, 11) is -0.293. The van der Waals surface area contributed by atoms with E-state index in [1.165, 1.54) is 44.8 Å². The molecule has 2 amide bonds. The highest BCUT2D eigenvalue weighted by molar-refractivity contribution is 7.89. The number of anilines is 1. The van der Waals surface area contributed by atoms with Gasteiger partial charge in [0, 0.05) is 56.8 Å². The van der Waals surface area contributed by atoms with Crippen molar-refractivity contribution in [1.82, 2.24) is 14.1 Å². The van der Waals surface area contributed by atoms with Gasteiger partial charge in [-0.05, 0) is 63.9 Å².